The maximum absolute atomic E-state index is 12.8. The Hall–Kier alpha value is -3.73. The second-order valence-electron chi connectivity index (χ2n) is 7.18. The summed E-state index contributed by atoms with van der Waals surface area (Å²) in [7, 11) is 0. The summed E-state index contributed by atoms with van der Waals surface area (Å²) >= 11 is 0. The quantitative estimate of drug-likeness (QED) is 0.476. The number of fused-ring (bicyclic) bond motifs is 1. The molecule has 0 bridgehead atoms. The number of hydrogen-bond acceptors (Lipinski definition) is 4. The van der Waals surface area contributed by atoms with Crippen molar-refractivity contribution in [2.45, 2.75) is 25.4 Å². The highest BCUT2D eigenvalue weighted by Crippen LogP contribution is 2.29. The summed E-state index contributed by atoms with van der Waals surface area (Å²) < 4.78 is 5.64. The molecule has 0 unspecified atom stereocenters. The molecular formula is C25H22N2O3. The molecule has 3 aromatic carbocycles. The molecule has 4 aromatic rings. The van der Waals surface area contributed by atoms with Gasteiger partial charge in [-0.2, -0.15) is 0 Å². The zero-order valence-electron chi connectivity index (χ0n) is 16.6. The third-order valence-corrected chi connectivity index (χ3v) is 5.10. The van der Waals surface area contributed by atoms with Crippen LogP contribution in [0.3, 0.4) is 0 Å². The van der Waals surface area contributed by atoms with Gasteiger partial charge in [-0.25, -0.2) is 4.98 Å². The van der Waals surface area contributed by atoms with E-state index in [-0.39, 0.29) is 23.9 Å². The van der Waals surface area contributed by atoms with Gasteiger partial charge >= 0.3 is 5.97 Å². The minimum absolute atomic E-state index is 0.115. The molecule has 5 nitrogen and oxygen atoms in total. The second kappa shape index (κ2) is 8.74. The summed E-state index contributed by atoms with van der Waals surface area (Å²) in [4.78, 5) is 32.3. The number of nitrogens with one attached hydrogen (secondary N) is 1. The van der Waals surface area contributed by atoms with Crippen LogP contribution in [0.15, 0.2) is 89.7 Å². The van der Waals surface area contributed by atoms with Gasteiger partial charge in [0.15, 0.2) is 11.9 Å². The van der Waals surface area contributed by atoms with Crippen molar-refractivity contribution in [1.29, 1.82) is 0 Å². The highest BCUT2D eigenvalue weighted by Gasteiger charge is 2.22. The van der Waals surface area contributed by atoms with Crippen molar-refractivity contribution in [2.24, 2.45) is 0 Å². The Bertz CT molecular complexity index is 1160. The number of aromatic amines is 1. The van der Waals surface area contributed by atoms with Crippen molar-refractivity contribution in [3.63, 3.8) is 0 Å². The van der Waals surface area contributed by atoms with Gasteiger partial charge in [0, 0.05) is 5.92 Å². The van der Waals surface area contributed by atoms with Gasteiger partial charge in [-0.15, -0.1) is 0 Å². The fourth-order valence-electron chi connectivity index (χ4n) is 3.56. The Morgan fingerprint density at radius 1 is 0.900 bits per heavy atom. The van der Waals surface area contributed by atoms with Crippen molar-refractivity contribution in [3.05, 3.63) is 112 Å². The van der Waals surface area contributed by atoms with E-state index in [9.17, 15) is 9.59 Å². The lowest BCUT2D eigenvalue weighted by molar-refractivity contribution is -0.149. The lowest BCUT2D eigenvalue weighted by Gasteiger charge is -2.19. The number of H-pyrrole nitrogens is 1. The molecule has 5 heteroatoms. The fraction of sp³-hybridized carbons (Fsp3) is 0.160. The number of esters is 1. The predicted octanol–water partition coefficient (Wildman–Crippen LogP) is 4.75. The molecule has 0 amide bonds. The van der Waals surface area contributed by atoms with Crippen molar-refractivity contribution in [2.75, 3.05) is 0 Å². The van der Waals surface area contributed by atoms with E-state index in [1.165, 1.54) is 0 Å². The maximum atomic E-state index is 12.8. The van der Waals surface area contributed by atoms with Gasteiger partial charge in [0.2, 0.25) is 0 Å². The molecule has 0 spiro atoms. The van der Waals surface area contributed by atoms with E-state index in [0.29, 0.717) is 16.7 Å². The van der Waals surface area contributed by atoms with Crippen LogP contribution in [0.4, 0.5) is 0 Å². The van der Waals surface area contributed by atoms with Crippen LogP contribution in [0.2, 0.25) is 0 Å². The number of ether oxygens (including phenoxy) is 1. The number of nitrogens with zero attached hydrogens (tertiary/aromatic N) is 1. The van der Waals surface area contributed by atoms with E-state index in [1.807, 2.05) is 66.7 Å². The third kappa shape index (κ3) is 4.30. The number of aromatic nitrogens is 2. The average molecular weight is 398 g/mol. The van der Waals surface area contributed by atoms with E-state index < -0.39 is 6.10 Å². The zero-order valence-corrected chi connectivity index (χ0v) is 16.6. The molecule has 1 heterocycles. The molecule has 1 atom stereocenters. The molecule has 0 aliphatic heterocycles. The van der Waals surface area contributed by atoms with Crippen LogP contribution in [0.5, 0.6) is 0 Å². The van der Waals surface area contributed by atoms with Crippen molar-refractivity contribution in [3.8, 4) is 0 Å². The first-order chi connectivity index (χ1) is 14.6. The van der Waals surface area contributed by atoms with Crippen LogP contribution in [-0.4, -0.2) is 15.9 Å². The lowest BCUT2D eigenvalue weighted by atomic mass is 9.88. The van der Waals surface area contributed by atoms with Gasteiger partial charge in [0.05, 0.1) is 17.3 Å². The first-order valence-electron chi connectivity index (χ1n) is 9.90. The molecule has 150 valence electrons. The minimum Gasteiger partial charge on any atom is -0.454 e. The van der Waals surface area contributed by atoms with E-state index in [0.717, 1.165) is 11.1 Å². The molecule has 4 rings (SSSR count). The van der Waals surface area contributed by atoms with E-state index in [2.05, 4.69) is 9.97 Å². The summed E-state index contributed by atoms with van der Waals surface area (Å²) in [6.07, 6.45) is -0.474. The van der Waals surface area contributed by atoms with Gasteiger partial charge in [-0.3, -0.25) is 9.59 Å². The van der Waals surface area contributed by atoms with Crippen molar-refractivity contribution in [1.82, 2.24) is 9.97 Å². The number of rotatable bonds is 6. The lowest BCUT2D eigenvalue weighted by Crippen LogP contribution is -2.18. The first kappa shape index (κ1) is 19.6. The molecule has 0 aliphatic carbocycles. The molecule has 0 aliphatic rings. The third-order valence-electron chi connectivity index (χ3n) is 5.10. The van der Waals surface area contributed by atoms with Crippen LogP contribution in [0.1, 0.15) is 42.3 Å². The average Bonchev–Trinajstić information content (AvgIpc) is 2.78. The highest BCUT2D eigenvalue weighted by atomic mass is 16.5. The number of carbonyl (C=O) groups is 1. The molecule has 1 N–H and O–H groups in total. The van der Waals surface area contributed by atoms with E-state index in [1.54, 1.807) is 25.1 Å². The molecule has 1 aromatic heterocycles. The molecular weight excluding hydrogens is 376 g/mol. The standard InChI is InChI=1S/C25H22N2O3/c1-17(24-26-22-15-9-8-14-20(22)25(29)27-24)30-23(28)16-21(18-10-4-2-5-11-18)19-12-6-3-7-13-19/h2-15,17,21H,16H2,1H3,(H,26,27,29)/t17-/m1/s1. The largest absolute Gasteiger partial charge is 0.454 e. The first-order valence-corrected chi connectivity index (χ1v) is 9.90. The second-order valence-corrected chi connectivity index (χ2v) is 7.18. The Labute approximate surface area is 174 Å². The van der Waals surface area contributed by atoms with Gasteiger partial charge in [0.1, 0.15) is 0 Å². The number of para-hydroxylation sites is 1. The number of benzene rings is 3. The van der Waals surface area contributed by atoms with Gasteiger partial charge in [-0.1, -0.05) is 72.8 Å². The normalized spacial score (nSPS) is 12.1. The minimum atomic E-state index is -0.665. The Balaban J connectivity index is 1.54. The summed E-state index contributed by atoms with van der Waals surface area (Å²) in [6, 6.07) is 26.9. The maximum Gasteiger partial charge on any atom is 0.307 e. The molecule has 0 fully saturated rings. The summed E-state index contributed by atoms with van der Waals surface area (Å²) in [5.41, 5.74) is 2.42. The smallest absolute Gasteiger partial charge is 0.307 e. The van der Waals surface area contributed by atoms with Gasteiger partial charge < -0.3 is 9.72 Å². The van der Waals surface area contributed by atoms with Crippen LogP contribution in [0.25, 0.3) is 10.9 Å². The molecule has 30 heavy (non-hydrogen) atoms. The van der Waals surface area contributed by atoms with Crippen LogP contribution in [0, 0.1) is 0 Å². The van der Waals surface area contributed by atoms with Crippen molar-refractivity contribution < 1.29 is 9.53 Å². The molecule has 0 radical (unpaired) electrons. The van der Waals surface area contributed by atoms with Gasteiger partial charge in [0.25, 0.3) is 5.56 Å². The molecule has 0 saturated heterocycles. The number of carbonyl (C=O) groups excluding carboxylic acids is 1. The van der Waals surface area contributed by atoms with E-state index in [4.69, 9.17) is 4.74 Å². The zero-order chi connectivity index (χ0) is 20.9. The fourth-order valence-corrected chi connectivity index (χ4v) is 3.56. The summed E-state index contributed by atoms with van der Waals surface area (Å²) in [5, 5.41) is 0.507. The topological polar surface area (TPSA) is 72.0 Å². The Morgan fingerprint density at radius 3 is 2.10 bits per heavy atom. The Morgan fingerprint density at radius 2 is 1.47 bits per heavy atom. The Kier molecular flexibility index (Phi) is 5.70. The van der Waals surface area contributed by atoms with Crippen LogP contribution >= 0.6 is 0 Å². The van der Waals surface area contributed by atoms with Crippen LogP contribution in [-0.2, 0) is 9.53 Å². The summed E-state index contributed by atoms with van der Waals surface area (Å²) in [6.45, 7) is 1.71. The van der Waals surface area contributed by atoms with Crippen LogP contribution < -0.4 is 5.56 Å². The molecule has 0 saturated carbocycles. The van der Waals surface area contributed by atoms with Crippen molar-refractivity contribution >= 4 is 16.9 Å². The van der Waals surface area contributed by atoms with E-state index >= 15 is 0 Å². The number of hydrogen-bond donors (Lipinski definition) is 1. The SMILES string of the molecule is C[C@@H](OC(=O)CC(c1ccccc1)c1ccccc1)c1nc2ccccc2c(=O)[nH]1. The summed E-state index contributed by atoms with van der Waals surface area (Å²) in [5.74, 6) is -0.130. The highest BCUT2D eigenvalue weighted by molar-refractivity contribution is 5.77. The predicted molar refractivity (Wildman–Crippen MR) is 116 cm³/mol. The van der Waals surface area contributed by atoms with Gasteiger partial charge in [-0.05, 0) is 30.2 Å². The monoisotopic (exact) mass is 398 g/mol.